The van der Waals surface area contributed by atoms with E-state index in [4.69, 9.17) is 16.6 Å². The number of halogens is 1. The lowest BCUT2D eigenvalue weighted by atomic mass is 9.95. The van der Waals surface area contributed by atoms with Gasteiger partial charge in [0.05, 0.1) is 11.0 Å². The van der Waals surface area contributed by atoms with Crippen LogP contribution in [0.2, 0.25) is 5.02 Å². The van der Waals surface area contributed by atoms with Crippen molar-refractivity contribution >= 4 is 28.5 Å². The Morgan fingerprint density at radius 1 is 0.933 bits per heavy atom. The van der Waals surface area contributed by atoms with E-state index in [0.29, 0.717) is 10.9 Å². The van der Waals surface area contributed by atoms with Gasteiger partial charge >= 0.3 is 0 Å². The SMILES string of the molecule is O=C(c1ccc(-c2cccc(Cl)c2)cc1)N1CCC(c2nc3ccccc3[nH]2)CC1. The van der Waals surface area contributed by atoms with Crippen molar-refractivity contribution in [2.75, 3.05) is 13.1 Å². The molecule has 0 radical (unpaired) electrons. The summed E-state index contributed by atoms with van der Waals surface area (Å²) in [5.74, 6) is 1.50. The normalized spacial score (nSPS) is 14.9. The maximum absolute atomic E-state index is 13.0. The molecule has 2 heterocycles. The Balaban J connectivity index is 1.25. The minimum absolute atomic E-state index is 0.0932. The Bertz CT molecular complexity index is 1160. The minimum Gasteiger partial charge on any atom is -0.342 e. The maximum Gasteiger partial charge on any atom is 0.253 e. The lowest BCUT2D eigenvalue weighted by molar-refractivity contribution is 0.0711. The number of nitrogens with one attached hydrogen (secondary N) is 1. The number of amides is 1. The smallest absolute Gasteiger partial charge is 0.253 e. The largest absolute Gasteiger partial charge is 0.342 e. The molecule has 0 unspecified atom stereocenters. The van der Waals surface area contributed by atoms with Crippen molar-refractivity contribution in [3.05, 3.63) is 89.2 Å². The summed E-state index contributed by atoms with van der Waals surface area (Å²) in [5, 5.41) is 0.708. The van der Waals surface area contributed by atoms with Gasteiger partial charge in [-0.15, -0.1) is 0 Å². The highest BCUT2D eigenvalue weighted by Gasteiger charge is 2.26. The minimum atomic E-state index is 0.0932. The van der Waals surface area contributed by atoms with Gasteiger partial charge in [0, 0.05) is 29.6 Å². The summed E-state index contributed by atoms with van der Waals surface area (Å²) in [6.45, 7) is 1.49. The molecule has 1 saturated heterocycles. The molecule has 0 saturated carbocycles. The van der Waals surface area contributed by atoms with E-state index in [1.165, 1.54) is 0 Å². The first-order chi connectivity index (χ1) is 14.7. The molecular weight excluding hydrogens is 394 g/mol. The van der Waals surface area contributed by atoms with Crippen LogP contribution < -0.4 is 0 Å². The molecule has 1 amide bonds. The van der Waals surface area contributed by atoms with Crippen LogP contribution in [-0.4, -0.2) is 33.9 Å². The average molecular weight is 416 g/mol. The summed E-state index contributed by atoms with van der Waals surface area (Å²) >= 11 is 6.09. The summed E-state index contributed by atoms with van der Waals surface area (Å²) in [6.07, 6.45) is 1.85. The van der Waals surface area contributed by atoms with Crippen molar-refractivity contribution in [3.8, 4) is 11.1 Å². The zero-order chi connectivity index (χ0) is 20.5. The van der Waals surface area contributed by atoms with E-state index in [1.807, 2.05) is 71.6 Å². The van der Waals surface area contributed by atoms with Crippen LogP contribution in [0.25, 0.3) is 22.2 Å². The van der Waals surface area contributed by atoms with Crippen LogP contribution in [0.5, 0.6) is 0 Å². The van der Waals surface area contributed by atoms with Gasteiger partial charge in [-0.05, 0) is 60.4 Å². The molecule has 5 rings (SSSR count). The molecule has 5 heteroatoms. The molecule has 0 spiro atoms. The number of piperidine rings is 1. The van der Waals surface area contributed by atoms with E-state index in [1.54, 1.807) is 0 Å². The van der Waals surface area contributed by atoms with E-state index in [2.05, 4.69) is 11.1 Å². The maximum atomic E-state index is 13.0. The number of para-hydroxylation sites is 2. The van der Waals surface area contributed by atoms with Crippen molar-refractivity contribution < 1.29 is 4.79 Å². The molecule has 0 atom stereocenters. The number of aromatic nitrogens is 2. The number of imidazole rings is 1. The number of likely N-dealkylation sites (tertiary alicyclic amines) is 1. The van der Waals surface area contributed by atoms with E-state index < -0.39 is 0 Å². The van der Waals surface area contributed by atoms with Crippen LogP contribution in [0.3, 0.4) is 0 Å². The van der Waals surface area contributed by atoms with E-state index >= 15 is 0 Å². The number of fused-ring (bicyclic) bond motifs is 1. The van der Waals surface area contributed by atoms with Gasteiger partial charge in [-0.1, -0.05) is 48.0 Å². The zero-order valence-corrected chi connectivity index (χ0v) is 17.3. The number of hydrogen-bond acceptors (Lipinski definition) is 2. The summed E-state index contributed by atoms with van der Waals surface area (Å²) in [5.41, 5.74) is 4.91. The van der Waals surface area contributed by atoms with Gasteiger partial charge in [0.15, 0.2) is 0 Å². The van der Waals surface area contributed by atoms with Gasteiger partial charge in [-0.25, -0.2) is 4.98 Å². The molecule has 1 aromatic heterocycles. The highest BCUT2D eigenvalue weighted by atomic mass is 35.5. The molecule has 4 aromatic rings. The van der Waals surface area contributed by atoms with Gasteiger partial charge in [-0.2, -0.15) is 0 Å². The molecule has 0 aliphatic carbocycles. The number of carbonyl (C=O) groups excluding carboxylic acids is 1. The summed E-state index contributed by atoms with van der Waals surface area (Å²) in [7, 11) is 0. The second-order valence-electron chi connectivity index (χ2n) is 7.79. The van der Waals surface area contributed by atoms with Crippen LogP contribution in [-0.2, 0) is 0 Å². The van der Waals surface area contributed by atoms with Crippen LogP contribution in [0.1, 0.15) is 34.9 Å². The van der Waals surface area contributed by atoms with Gasteiger partial charge < -0.3 is 9.88 Å². The fraction of sp³-hybridized carbons (Fsp3) is 0.200. The molecule has 1 N–H and O–H groups in total. The third kappa shape index (κ3) is 3.71. The lowest BCUT2D eigenvalue weighted by Gasteiger charge is -2.31. The van der Waals surface area contributed by atoms with Crippen molar-refractivity contribution in [1.82, 2.24) is 14.9 Å². The fourth-order valence-electron chi connectivity index (χ4n) is 4.18. The number of H-pyrrole nitrogens is 1. The fourth-order valence-corrected chi connectivity index (χ4v) is 4.37. The third-order valence-corrected chi connectivity index (χ3v) is 6.10. The van der Waals surface area contributed by atoms with E-state index in [0.717, 1.165) is 59.5 Å². The summed E-state index contributed by atoms with van der Waals surface area (Å²) in [6, 6.07) is 23.6. The first-order valence-electron chi connectivity index (χ1n) is 10.3. The predicted molar refractivity (Wildman–Crippen MR) is 121 cm³/mol. The number of nitrogens with zero attached hydrogens (tertiary/aromatic N) is 2. The van der Waals surface area contributed by atoms with E-state index in [-0.39, 0.29) is 5.91 Å². The van der Waals surface area contributed by atoms with Crippen LogP contribution in [0.4, 0.5) is 0 Å². The van der Waals surface area contributed by atoms with Crippen molar-refractivity contribution in [1.29, 1.82) is 0 Å². The number of hydrogen-bond donors (Lipinski definition) is 1. The van der Waals surface area contributed by atoms with Gasteiger partial charge in [0.2, 0.25) is 0 Å². The Kier molecular flexibility index (Phi) is 5.01. The molecule has 0 bridgehead atoms. The molecule has 30 heavy (non-hydrogen) atoms. The van der Waals surface area contributed by atoms with Crippen LogP contribution in [0, 0.1) is 0 Å². The van der Waals surface area contributed by atoms with Crippen molar-refractivity contribution in [2.24, 2.45) is 0 Å². The number of aromatic amines is 1. The van der Waals surface area contributed by atoms with Crippen molar-refractivity contribution in [2.45, 2.75) is 18.8 Å². The molecule has 4 nitrogen and oxygen atoms in total. The number of carbonyl (C=O) groups is 1. The highest BCUT2D eigenvalue weighted by Crippen LogP contribution is 2.29. The Morgan fingerprint density at radius 3 is 2.43 bits per heavy atom. The molecule has 3 aromatic carbocycles. The molecule has 1 aliphatic rings. The van der Waals surface area contributed by atoms with Gasteiger partial charge in [-0.3, -0.25) is 4.79 Å². The molecule has 1 fully saturated rings. The molecular formula is C25H22ClN3O. The summed E-state index contributed by atoms with van der Waals surface area (Å²) < 4.78 is 0. The monoisotopic (exact) mass is 415 g/mol. The van der Waals surface area contributed by atoms with E-state index in [9.17, 15) is 4.79 Å². The predicted octanol–water partition coefficient (Wildman–Crippen LogP) is 5.90. The first-order valence-corrected chi connectivity index (χ1v) is 10.6. The Morgan fingerprint density at radius 2 is 1.70 bits per heavy atom. The second-order valence-corrected chi connectivity index (χ2v) is 8.23. The second kappa shape index (κ2) is 7.96. The van der Waals surface area contributed by atoms with Crippen LogP contribution in [0.15, 0.2) is 72.8 Å². The quantitative estimate of drug-likeness (QED) is 0.452. The Hall–Kier alpha value is -3.11. The standard InChI is InChI=1S/C25H22ClN3O/c26-21-5-3-4-20(16-21)17-8-10-19(11-9-17)25(30)29-14-12-18(13-15-29)24-27-22-6-1-2-7-23(22)28-24/h1-11,16,18H,12-15H2,(H,27,28). The third-order valence-electron chi connectivity index (χ3n) is 5.87. The number of rotatable bonds is 3. The number of benzene rings is 3. The van der Waals surface area contributed by atoms with Crippen molar-refractivity contribution in [3.63, 3.8) is 0 Å². The van der Waals surface area contributed by atoms with Gasteiger partial charge in [0.25, 0.3) is 5.91 Å². The average Bonchev–Trinajstić information content (AvgIpc) is 3.23. The first kappa shape index (κ1) is 18.9. The Labute approximate surface area is 180 Å². The summed E-state index contributed by atoms with van der Waals surface area (Å²) in [4.78, 5) is 23.1. The zero-order valence-electron chi connectivity index (χ0n) is 16.5. The molecule has 1 aliphatic heterocycles. The topological polar surface area (TPSA) is 49.0 Å². The van der Waals surface area contributed by atoms with Gasteiger partial charge in [0.1, 0.15) is 5.82 Å². The van der Waals surface area contributed by atoms with Crippen LogP contribution >= 0.6 is 11.6 Å². The lowest BCUT2D eigenvalue weighted by Crippen LogP contribution is -2.38. The molecule has 150 valence electrons. The highest BCUT2D eigenvalue weighted by molar-refractivity contribution is 6.30.